The summed E-state index contributed by atoms with van der Waals surface area (Å²) in [5.41, 5.74) is 1.12. The third-order valence-corrected chi connectivity index (χ3v) is 5.86. The summed E-state index contributed by atoms with van der Waals surface area (Å²) in [4.78, 5) is 14.5. The molecule has 23 heavy (non-hydrogen) atoms. The molecule has 3 aromatic rings. The normalized spacial score (nSPS) is 12.0. The van der Waals surface area contributed by atoms with Crippen molar-refractivity contribution in [1.29, 1.82) is 0 Å². The zero-order valence-corrected chi connectivity index (χ0v) is 14.7. The summed E-state index contributed by atoms with van der Waals surface area (Å²) in [6, 6.07) is 21.7. The molecule has 116 valence electrons. The van der Waals surface area contributed by atoms with Gasteiger partial charge in [0.25, 0.3) is 0 Å². The average molecular weight is 359 g/mol. The van der Waals surface area contributed by atoms with Crippen LogP contribution in [-0.4, -0.2) is 5.78 Å². The molecular formula is C19H15ClOS2. The monoisotopic (exact) mass is 358 g/mol. The van der Waals surface area contributed by atoms with E-state index in [9.17, 15) is 4.79 Å². The molecule has 0 aliphatic carbocycles. The van der Waals surface area contributed by atoms with Gasteiger partial charge in [0.05, 0.1) is 4.88 Å². The molecule has 0 bridgehead atoms. The van der Waals surface area contributed by atoms with E-state index in [-0.39, 0.29) is 11.0 Å². The van der Waals surface area contributed by atoms with Crippen LogP contribution in [0.25, 0.3) is 0 Å². The van der Waals surface area contributed by atoms with Gasteiger partial charge in [-0.1, -0.05) is 48.0 Å². The van der Waals surface area contributed by atoms with Gasteiger partial charge in [-0.3, -0.25) is 4.79 Å². The summed E-state index contributed by atoms with van der Waals surface area (Å²) >= 11 is 9.20. The van der Waals surface area contributed by atoms with Gasteiger partial charge in [-0.25, -0.2) is 0 Å². The molecule has 1 nitrogen and oxygen atoms in total. The van der Waals surface area contributed by atoms with Gasteiger partial charge in [0.2, 0.25) is 0 Å². The Labute approximate surface area is 149 Å². The lowest BCUT2D eigenvalue weighted by Gasteiger charge is -2.16. The first-order chi connectivity index (χ1) is 11.2. The second-order valence-corrected chi connectivity index (χ2v) is 7.74. The van der Waals surface area contributed by atoms with Gasteiger partial charge in [0, 0.05) is 21.6 Å². The van der Waals surface area contributed by atoms with Crippen LogP contribution in [0.2, 0.25) is 5.02 Å². The van der Waals surface area contributed by atoms with E-state index in [0.717, 1.165) is 15.3 Å². The fraction of sp³-hybridized carbons (Fsp3) is 0.105. The minimum absolute atomic E-state index is 0.0734. The van der Waals surface area contributed by atoms with E-state index in [4.69, 9.17) is 11.6 Å². The molecule has 1 heterocycles. The van der Waals surface area contributed by atoms with Crippen molar-refractivity contribution >= 4 is 40.5 Å². The Morgan fingerprint density at radius 3 is 2.39 bits per heavy atom. The van der Waals surface area contributed by atoms with E-state index in [2.05, 4.69) is 12.1 Å². The van der Waals surface area contributed by atoms with E-state index in [0.29, 0.717) is 11.4 Å². The minimum atomic E-state index is 0.0734. The van der Waals surface area contributed by atoms with Gasteiger partial charge in [0.15, 0.2) is 5.78 Å². The lowest BCUT2D eigenvalue weighted by atomic mass is 10.1. The number of carbonyl (C=O) groups is 1. The molecule has 2 aromatic carbocycles. The predicted octanol–water partition coefficient (Wildman–Crippen LogP) is 6.51. The number of thiophene rings is 1. The maximum absolute atomic E-state index is 12.5. The number of thioether (sulfide) groups is 1. The molecule has 0 radical (unpaired) electrons. The summed E-state index contributed by atoms with van der Waals surface area (Å²) in [5, 5.41) is 2.72. The summed E-state index contributed by atoms with van der Waals surface area (Å²) in [5.74, 6) is 0.184. The lowest BCUT2D eigenvalue weighted by molar-refractivity contribution is 0.0986. The second kappa shape index (κ2) is 7.82. The van der Waals surface area contributed by atoms with Crippen LogP contribution in [0.15, 0.2) is 77.0 Å². The Morgan fingerprint density at radius 2 is 1.74 bits per heavy atom. The highest BCUT2D eigenvalue weighted by atomic mass is 35.5. The van der Waals surface area contributed by atoms with Gasteiger partial charge >= 0.3 is 0 Å². The third kappa shape index (κ3) is 4.47. The molecule has 4 heteroatoms. The predicted molar refractivity (Wildman–Crippen MR) is 99.8 cm³/mol. The van der Waals surface area contributed by atoms with Gasteiger partial charge in [-0.15, -0.1) is 23.1 Å². The first kappa shape index (κ1) is 16.3. The number of rotatable bonds is 6. The minimum Gasteiger partial charge on any atom is -0.293 e. The van der Waals surface area contributed by atoms with Crippen LogP contribution < -0.4 is 0 Å². The van der Waals surface area contributed by atoms with E-state index in [1.807, 2.05) is 60.0 Å². The largest absolute Gasteiger partial charge is 0.293 e. The van der Waals surface area contributed by atoms with Crippen molar-refractivity contribution < 1.29 is 4.79 Å². The van der Waals surface area contributed by atoms with Crippen molar-refractivity contribution in [3.8, 4) is 0 Å². The van der Waals surface area contributed by atoms with Crippen molar-refractivity contribution in [1.82, 2.24) is 0 Å². The van der Waals surface area contributed by atoms with Crippen LogP contribution in [0.1, 0.15) is 26.9 Å². The first-order valence-corrected chi connectivity index (χ1v) is 9.40. The summed E-state index contributed by atoms with van der Waals surface area (Å²) in [6.07, 6.45) is 0.474. The SMILES string of the molecule is O=C(C[C@H](Sc1ccccc1)c1ccc(Cl)cc1)c1cccs1. The molecule has 3 rings (SSSR count). The van der Waals surface area contributed by atoms with E-state index >= 15 is 0 Å². The standard InChI is InChI=1S/C19H15ClOS2/c20-15-10-8-14(9-11-15)19(23-16-5-2-1-3-6-16)13-17(21)18-7-4-12-22-18/h1-12,19H,13H2/t19-/m0/s1. The average Bonchev–Trinajstić information content (AvgIpc) is 3.10. The maximum Gasteiger partial charge on any atom is 0.174 e. The van der Waals surface area contributed by atoms with Crippen LogP contribution >= 0.6 is 34.7 Å². The quantitative estimate of drug-likeness (QED) is 0.369. The van der Waals surface area contributed by atoms with E-state index < -0.39 is 0 Å². The molecule has 0 saturated heterocycles. The summed E-state index contributed by atoms with van der Waals surface area (Å²) < 4.78 is 0. The van der Waals surface area contributed by atoms with Crippen LogP contribution in [0.5, 0.6) is 0 Å². The highest BCUT2D eigenvalue weighted by Gasteiger charge is 2.19. The van der Waals surface area contributed by atoms with Crippen LogP contribution in [0, 0.1) is 0 Å². The molecule has 0 unspecified atom stereocenters. The molecule has 0 saturated carbocycles. The zero-order valence-electron chi connectivity index (χ0n) is 12.3. The number of hydrogen-bond donors (Lipinski definition) is 0. The van der Waals surface area contributed by atoms with Crippen LogP contribution in [-0.2, 0) is 0 Å². The number of hydrogen-bond acceptors (Lipinski definition) is 3. The number of Topliss-reactive ketones (excluding diaryl/α,β-unsaturated/α-hetero) is 1. The highest BCUT2D eigenvalue weighted by molar-refractivity contribution is 7.99. The topological polar surface area (TPSA) is 17.1 Å². The molecule has 0 aliphatic heterocycles. The van der Waals surface area contributed by atoms with Gasteiger partial charge < -0.3 is 0 Å². The number of halogens is 1. The molecular weight excluding hydrogens is 344 g/mol. The van der Waals surface area contributed by atoms with Crippen molar-refractivity contribution in [3.05, 3.63) is 87.6 Å². The van der Waals surface area contributed by atoms with Gasteiger partial charge in [-0.05, 0) is 41.3 Å². The number of ketones is 1. The molecule has 0 N–H and O–H groups in total. The molecule has 1 atom stereocenters. The number of carbonyl (C=O) groups excluding carboxylic acids is 1. The van der Waals surface area contributed by atoms with Crippen molar-refractivity contribution in [2.24, 2.45) is 0 Å². The summed E-state index contributed by atoms with van der Waals surface area (Å²) in [6.45, 7) is 0. The Hall–Kier alpha value is -1.55. The first-order valence-electron chi connectivity index (χ1n) is 7.26. The van der Waals surface area contributed by atoms with Gasteiger partial charge in [0.1, 0.15) is 0 Å². The Bertz CT molecular complexity index is 752. The van der Waals surface area contributed by atoms with E-state index in [1.54, 1.807) is 11.8 Å². The van der Waals surface area contributed by atoms with Gasteiger partial charge in [-0.2, -0.15) is 0 Å². The molecule has 1 aromatic heterocycles. The fourth-order valence-corrected chi connectivity index (χ4v) is 4.25. The lowest BCUT2D eigenvalue weighted by Crippen LogP contribution is -2.04. The van der Waals surface area contributed by atoms with Crippen molar-refractivity contribution in [3.63, 3.8) is 0 Å². The van der Waals surface area contributed by atoms with Crippen molar-refractivity contribution in [2.75, 3.05) is 0 Å². The summed E-state index contributed by atoms with van der Waals surface area (Å²) in [7, 11) is 0. The smallest absolute Gasteiger partial charge is 0.174 e. The van der Waals surface area contributed by atoms with Crippen LogP contribution in [0.4, 0.5) is 0 Å². The van der Waals surface area contributed by atoms with Crippen LogP contribution in [0.3, 0.4) is 0 Å². The molecule has 0 aliphatic rings. The molecule has 0 amide bonds. The fourth-order valence-electron chi connectivity index (χ4n) is 2.27. The maximum atomic E-state index is 12.5. The number of benzene rings is 2. The Balaban J connectivity index is 1.83. The highest BCUT2D eigenvalue weighted by Crippen LogP contribution is 2.39. The Kier molecular flexibility index (Phi) is 5.55. The third-order valence-electron chi connectivity index (χ3n) is 3.43. The molecule has 0 fully saturated rings. The zero-order chi connectivity index (χ0) is 16.1. The second-order valence-electron chi connectivity index (χ2n) is 5.08. The Morgan fingerprint density at radius 1 is 1.00 bits per heavy atom. The van der Waals surface area contributed by atoms with E-state index in [1.165, 1.54) is 11.3 Å². The van der Waals surface area contributed by atoms with Crippen molar-refractivity contribution in [2.45, 2.75) is 16.6 Å². The molecule has 0 spiro atoms.